The van der Waals surface area contributed by atoms with Crippen LogP contribution >= 0.6 is 0 Å². The lowest BCUT2D eigenvalue weighted by Gasteiger charge is -2.34. The van der Waals surface area contributed by atoms with E-state index in [0.29, 0.717) is 17.1 Å². The predicted molar refractivity (Wildman–Crippen MR) is 85.3 cm³/mol. The van der Waals surface area contributed by atoms with Gasteiger partial charge >= 0.3 is 0 Å². The first-order valence-electron chi connectivity index (χ1n) is 6.43. The van der Waals surface area contributed by atoms with Gasteiger partial charge in [-0.15, -0.1) is 0 Å². The van der Waals surface area contributed by atoms with Gasteiger partial charge in [0, 0.05) is 11.0 Å². The molecule has 1 aliphatic rings. The van der Waals surface area contributed by atoms with Crippen LogP contribution in [0, 0.1) is 0 Å². The fourth-order valence-corrected chi connectivity index (χ4v) is 2.39. The predicted octanol–water partition coefficient (Wildman–Crippen LogP) is -2.95. The second-order valence-corrected chi connectivity index (χ2v) is 6.40. The highest BCUT2D eigenvalue weighted by molar-refractivity contribution is 6.59. The van der Waals surface area contributed by atoms with Crippen LogP contribution in [0.2, 0.25) is 0 Å². The average molecular weight is 255 g/mol. The van der Waals surface area contributed by atoms with E-state index in [2.05, 4.69) is 5.32 Å². The van der Waals surface area contributed by atoms with Gasteiger partial charge in [0.05, 0.1) is 0 Å². The second kappa shape index (κ2) is 4.67. The van der Waals surface area contributed by atoms with Gasteiger partial charge in [-0.2, -0.15) is 0 Å². The number of Topliss-reactive ketones (excluding diaryl/α,β-unsaturated/α-hetero) is 1. The molecule has 0 spiro atoms. The average Bonchev–Trinajstić information content (AvgIpc) is 2.71. The summed E-state index contributed by atoms with van der Waals surface area (Å²) < 4.78 is 10.6. The first kappa shape index (κ1) is 14.1. The van der Waals surface area contributed by atoms with E-state index in [4.69, 9.17) is 9.47 Å². The summed E-state index contributed by atoms with van der Waals surface area (Å²) in [4.78, 5) is 12.6. The Hall–Kier alpha value is -1.29. The lowest BCUT2D eigenvalue weighted by Crippen LogP contribution is -2.62. The standard InChI is InChI=1S/C11H17B4NO3/c1-10(12,16-11(13,14)15)9(17)6-2-3-7-8(4-6)19-5-18-7/h2-4,16H,5,12-15H2,1H3/t10-/m0/s1. The highest BCUT2D eigenvalue weighted by Gasteiger charge is 2.32. The molecule has 1 aromatic carbocycles. The Balaban J connectivity index is 2.24. The molecular formula is C11H17B4NO3. The molecule has 1 N–H and O–H groups in total. The fourth-order valence-electron chi connectivity index (χ4n) is 2.39. The lowest BCUT2D eigenvalue weighted by atomic mass is 9.48. The van der Waals surface area contributed by atoms with E-state index in [9.17, 15) is 4.79 Å². The number of hydrogen-bond acceptors (Lipinski definition) is 4. The zero-order valence-electron chi connectivity index (χ0n) is 12.2. The summed E-state index contributed by atoms with van der Waals surface area (Å²) in [6.45, 7) is 2.11. The molecule has 0 fully saturated rings. The normalized spacial score (nSPS) is 16.9. The largest absolute Gasteiger partial charge is 0.454 e. The molecule has 1 atom stereocenters. The van der Waals surface area contributed by atoms with Crippen LogP contribution in [0.15, 0.2) is 18.2 Å². The molecule has 1 aromatic rings. The third-order valence-corrected chi connectivity index (χ3v) is 2.89. The molecule has 0 aliphatic carbocycles. The van der Waals surface area contributed by atoms with E-state index in [1.54, 1.807) is 18.2 Å². The van der Waals surface area contributed by atoms with Gasteiger partial charge < -0.3 is 14.8 Å². The molecule has 1 heterocycles. The van der Waals surface area contributed by atoms with Gasteiger partial charge in [0.25, 0.3) is 0 Å². The maximum Gasteiger partial charge on any atom is 0.231 e. The van der Waals surface area contributed by atoms with Crippen molar-refractivity contribution < 1.29 is 14.3 Å². The number of hydrogen-bond donors (Lipinski definition) is 1. The van der Waals surface area contributed by atoms with Crippen molar-refractivity contribution in [1.29, 1.82) is 0 Å². The summed E-state index contributed by atoms with van der Waals surface area (Å²) >= 11 is 0. The fraction of sp³-hybridized carbons (Fsp3) is 0.364. The Morgan fingerprint density at radius 1 is 1.21 bits per heavy atom. The molecule has 96 valence electrons. The van der Waals surface area contributed by atoms with Gasteiger partial charge in [0.2, 0.25) is 6.79 Å². The molecule has 0 amide bonds. The molecule has 0 bridgehead atoms. The van der Waals surface area contributed by atoms with Gasteiger partial charge in [-0.05, 0) is 25.1 Å². The molecule has 4 nitrogen and oxygen atoms in total. The Labute approximate surface area is 117 Å². The molecule has 0 saturated heterocycles. The smallest absolute Gasteiger partial charge is 0.231 e. The van der Waals surface area contributed by atoms with Crippen LogP contribution in [-0.2, 0) is 0 Å². The van der Waals surface area contributed by atoms with Gasteiger partial charge in [-0.25, -0.2) is 0 Å². The number of ketones is 1. The molecule has 0 aromatic heterocycles. The highest BCUT2D eigenvalue weighted by Crippen LogP contribution is 2.33. The van der Waals surface area contributed by atoms with Gasteiger partial charge in [-0.1, -0.05) is 5.24 Å². The summed E-state index contributed by atoms with van der Waals surface area (Å²) in [5.74, 6) is 1.37. The SMILES string of the molecule is BC(B)(B)N[C@@](B)(C)C(=O)c1ccc2c(c1)OCO2. The van der Waals surface area contributed by atoms with Crippen LogP contribution in [0.1, 0.15) is 17.3 Å². The lowest BCUT2D eigenvalue weighted by molar-refractivity contribution is 0.0926. The van der Waals surface area contributed by atoms with E-state index in [1.165, 1.54) is 0 Å². The monoisotopic (exact) mass is 255 g/mol. The Kier molecular flexibility index (Phi) is 3.47. The maximum atomic E-state index is 12.6. The van der Waals surface area contributed by atoms with Crippen LogP contribution in [-0.4, -0.2) is 54.6 Å². The van der Waals surface area contributed by atoms with Crippen molar-refractivity contribution in [2.75, 3.05) is 6.79 Å². The summed E-state index contributed by atoms with van der Waals surface area (Å²) in [5.41, 5.74) is -0.00243. The third-order valence-electron chi connectivity index (χ3n) is 2.89. The van der Waals surface area contributed by atoms with Crippen molar-refractivity contribution in [2.45, 2.75) is 17.6 Å². The first-order chi connectivity index (χ1) is 8.69. The Morgan fingerprint density at radius 3 is 2.47 bits per heavy atom. The molecule has 0 radical (unpaired) electrons. The summed E-state index contributed by atoms with van der Waals surface area (Å²) in [6, 6.07) is 5.31. The molecule has 0 saturated carbocycles. The minimum absolute atomic E-state index is 0.0423. The number of carbonyl (C=O) groups excluding carboxylic acids is 1. The number of benzene rings is 1. The molecule has 0 unspecified atom stereocenters. The zero-order chi connectivity index (χ0) is 14.3. The third kappa shape index (κ3) is 3.18. The number of carbonyl (C=O) groups is 1. The van der Waals surface area contributed by atoms with Gasteiger partial charge in [-0.3, -0.25) is 4.79 Å². The van der Waals surface area contributed by atoms with E-state index in [0.717, 1.165) is 0 Å². The summed E-state index contributed by atoms with van der Waals surface area (Å²) in [6.07, 6.45) is 0. The molecule has 8 heteroatoms. The maximum absolute atomic E-state index is 12.6. The van der Waals surface area contributed by atoms with Crippen molar-refractivity contribution in [3.63, 3.8) is 0 Å². The van der Waals surface area contributed by atoms with Crippen molar-refractivity contribution in [1.82, 2.24) is 5.32 Å². The Bertz CT molecular complexity index is 513. The van der Waals surface area contributed by atoms with E-state index >= 15 is 0 Å². The van der Waals surface area contributed by atoms with E-state index in [-0.39, 0.29) is 17.8 Å². The first-order valence-corrected chi connectivity index (χ1v) is 6.43. The number of fused-ring (bicyclic) bond motifs is 1. The molecular weight excluding hydrogens is 237 g/mol. The van der Waals surface area contributed by atoms with Crippen LogP contribution in [0.25, 0.3) is 0 Å². The van der Waals surface area contributed by atoms with Crippen LogP contribution in [0.4, 0.5) is 0 Å². The molecule has 2 rings (SSSR count). The van der Waals surface area contributed by atoms with Gasteiger partial charge in [0.15, 0.2) is 17.3 Å². The van der Waals surface area contributed by atoms with Gasteiger partial charge in [0.1, 0.15) is 31.4 Å². The number of nitrogens with one attached hydrogen (secondary N) is 1. The Morgan fingerprint density at radius 2 is 1.84 bits per heavy atom. The van der Waals surface area contributed by atoms with Crippen molar-refractivity contribution in [2.24, 2.45) is 0 Å². The quantitative estimate of drug-likeness (QED) is 0.461. The molecule has 1 aliphatic heterocycles. The van der Waals surface area contributed by atoms with Crippen LogP contribution in [0.5, 0.6) is 11.5 Å². The van der Waals surface area contributed by atoms with Crippen LogP contribution < -0.4 is 14.8 Å². The van der Waals surface area contributed by atoms with E-state index in [1.807, 2.05) is 38.3 Å². The second-order valence-electron chi connectivity index (χ2n) is 6.40. The highest BCUT2D eigenvalue weighted by atomic mass is 16.7. The van der Waals surface area contributed by atoms with Crippen molar-refractivity contribution in [3.05, 3.63) is 23.8 Å². The number of rotatable bonds is 4. The minimum Gasteiger partial charge on any atom is -0.454 e. The van der Waals surface area contributed by atoms with Crippen LogP contribution in [0.3, 0.4) is 0 Å². The topological polar surface area (TPSA) is 47.6 Å². The summed E-state index contributed by atoms with van der Waals surface area (Å²) in [7, 11) is 8.02. The van der Waals surface area contributed by atoms with Crippen molar-refractivity contribution >= 4 is 37.2 Å². The summed E-state index contributed by atoms with van der Waals surface area (Å²) in [5, 5.41) is 3.21. The zero-order valence-corrected chi connectivity index (χ0v) is 12.2. The number of ether oxygens (including phenoxy) is 2. The van der Waals surface area contributed by atoms with E-state index < -0.39 is 5.44 Å². The van der Waals surface area contributed by atoms with Crippen molar-refractivity contribution in [3.8, 4) is 11.5 Å². The minimum atomic E-state index is -0.633. The molecule has 19 heavy (non-hydrogen) atoms.